The molecule has 0 saturated heterocycles. The average molecular weight is 401 g/mol. The summed E-state index contributed by atoms with van der Waals surface area (Å²) in [6.45, 7) is 3.88. The number of carbonyl (C=O) groups excluding carboxylic acids is 2. The van der Waals surface area contributed by atoms with Crippen LogP contribution in [0.1, 0.15) is 22.3 Å². The number of rotatable bonds is 9. The molecule has 0 aliphatic heterocycles. The number of esters is 1. The normalized spacial score (nSPS) is 10.2. The Balaban J connectivity index is 1.86. The molecule has 0 saturated carbocycles. The second-order valence-corrected chi connectivity index (χ2v) is 6.57. The molecule has 0 radical (unpaired) electrons. The number of methoxy groups -OCH3 is 3. The summed E-state index contributed by atoms with van der Waals surface area (Å²) < 4.78 is 20.9. The molecule has 1 amide bonds. The van der Waals surface area contributed by atoms with Crippen molar-refractivity contribution in [1.82, 2.24) is 5.32 Å². The van der Waals surface area contributed by atoms with Crippen LogP contribution < -0.4 is 19.5 Å². The van der Waals surface area contributed by atoms with Gasteiger partial charge in [-0.1, -0.05) is 18.2 Å². The van der Waals surface area contributed by atoms with E-state index in [1.807, 2.05) is 32.0 Å². The van der Waals surface area contributed by atoms with Gasteiger partial charge in [-0.15, -0.1) is 0 Å². The van der Waals surface area contributed by atoms with E-state index in [4.69, 9.17) is 18.9 Å². The van der Waals surface area contributed by atoms with Crippen molar-refractivity contribution in [2.45, 2.75) is 26.8 Å². The van der Waals surface area contributed by atoms with Crippen LogP contribution in [0.25, 0.3) is 0 Å². The van der Waals surface area contributed by atoms with Crippen molar-refractivity contribution >= 4 is 11.9 Å². The van der Waals surface area contributed by atoms with Gasteiger partial charge in [0.05, 0.1) is 27.8 Å². The number of benzene rings is 2. The molecule has 1 N–H and O–H groups in total. The van der Waals surface area contributed by atoms with Crippen molar-refractivity contribution < 1.29 is 28.5 Å². The maximum absolute atomic E-state index is 12.0. The highest BCUT2D eigenvalue weighted by atomic mass is 16.5. The van der Waals surface area contributed by atoms with Crippen LogP contribution in [0.2, 0.25) is 0 Å². The maximum atomic E-state index is 12.0. The van der Waals surface area contributed by atoms with E-state index < -0.39 is 11.9 Å². The molecule has 2 rings (SSSR count). The topological polar surface area (TPSA) is 83.1 Å². The first-order valence-corrected chi connectivity index (χ1v) is 9.15. The van der Waals surface area contributed by atoms with E-state index >= 15 is 0 Å². The fraction of sp³-hybridized carbons (Fsp3) is 0.364. The van der Waals surface area contributed by atoms with Crippen LogP contribution in [0.15, 0.2) is 30.3 Å². The number of hydrogen-bond acceptors (Lipinski definition) is 6. The summed E-state index contributed by atoms with van der Waals surface area (Å²) in [5.74, 6) is 0.626. The minimum Gasteiger partial charge on any atom is -0.493 e. The number of nitrogens with one attached hydrogen (secondary N) is 1. The zero-order valence-corrected chi connectivity index (χ0v) is 17.5. The van der Waals surface area contributed by atoms with Crippen molar-refractivity contribution in [3.8, 4) is 17.2 Å². The Morgan fingerprint density at radius 2 is 1.52 bits per heavy atom. The molecule has 7 nitrogen and oxygen atoms in total. The van der Waals surface area contributed by atoms with Gasteiger partial charge in [-0.3, -0.25) is 9.59 Å². The molecule has 2 aromatic carbocycles. The third kappa shape index (κ3) is 6.14. The number of ether oxygens (including phenoxy) is 4. The molecule has 7 heteroatoms. The minimum absolute atomic E-state index is 0.126. The lowest BCUT2D eigenvalue weighted by atomic mass is 10.0. The molecule has 0 heterocycles. The third-order valence-electron chi connectivity index (χ3n) is 4.50. The monoisotopic (exact) mass is 401 g/mol. The Hall–Kier alpha value is -3.22. The van der Waals surface area contributed by atoms with Crippen LogP contribution in [0, 0.1) is 13.8 Å². The Morgan fingerprint density at radius 3 is 2.07 bits per heavy atom. The summed E-state index contributed by atoms with van der Waals surface area (Å²) >= 11 is 0. The van der Waals surface area contributed by atoms with E-state index in [0.29, 0.717) is 17.2 Å². The van der Waals surface area contributed by atoms with Gasteiger partial charge in [-0.05, 0) is 48.2 Å². The summed E-state index contributed by atoms with van der Waals surface area (Å²) in [6, 6.07) is 9.28. The Labute approximate surface area is 170 Å². The molecule has 0 atom stereocenters. The Bertz CT molecular complexity index is 853. The molecule has 0 fully saturated rings. The van der Waals surface area contributed by atoms with Crippen molar-refractivity contribution in [3.63, 3.8) is 0 Å². The quantitative estimate of drug-likeness (QED) is 0.651. The molecule has 29 heavy (non-hydrogen) atoms. The van der Waals surface area contributed by atoms with Crippen molar-refractivity contribution in [3.05, 3.63) is 52.6 Å². The summed E-state index contributed by atoms with van der Waals surface area (Å²) in [4.78, 5) is 24.0. The molecule has 0 spiro atoms. The predicted octanol–water partition coefficient (Wildman–Crippen LogP) is 2.73. The molecule has 0 aliphatic carbocycles. The van der Waals surface area contributed by atoms with Gasteiger partial charge in [-0.2, -0.15) is 0 Å². The van der Waals surface area contributed by atoms with Gasteiger partial charge in [0, 0.05) is 6.54 Å². The molecule has 156 valence electrons. The van der Waals surface area contributed by atoms with Crippen LogP contribution in [0.3, 0.4) is 0 Å². The van der Waals surface area contributed by atoms with Gasteiger partial charge in [0.25, 0.3) is 5.91 Å². The highest BCUT2D eigenvalue weighted by Gasteiger charge is 2.14. The average Bonchev–Trinajstić information content (AvgIpc) is 2.72. The van der Waals surface area contributed by atoms with Crippen LogP contribution in [-0.2, 0) is 27.3 Å². The molecular formula is C22H27NO6. The Morgan fingerprint density at radius 1 is 0.862 bits per heavy atom. The van der Waals surface area contributed by atoms with E-state index in [0.717, 1.165) is 22.3 Å². The van der Waals surface area contributed by atoms with Crippen LogP contribution in [0.4, 0.5) is 0 Å². The summed E-state index contributed by atoms with van der Waals surface area (Å²) in [5.41, 5.74) is 3.89. The van der Waals surface area contributed by atoms with Crippen molar-refractivity contribution in [2.24, 2.45) is 0 Å². The van der Waals surface area contributed by atoms with Crippen molar-refractivity contribution in [1.29, 1.82) is 0 Å². The standard InChI is InChI=1S/C22H27NO6/c1-14-6-7-16(8-15(14)2)11-21(25)29-13-20(24)23-12-17-9-18(26-3)22(28-5)19(10-17)27-4/h6-10H,11-13H2,1-5H3,(H,23,24). The van der Waals surface area contributed by atoms with Gasteiger partial charge in [-0.25, -0.2) is 0 Å². The second kappa shape index (κ2) is 10.4. The van der Waals surface area contributed by atoms with Gasteiger partial charge < -0.3 is 24.3 Å². The fourth-order valence-corrected chi connectivity index (χ4v) is 2.77. The predicted molar refractivity (Wildman–Crippen MR) is 109 cm³/mol. The van der Waals surface area contributed by atoms with Gasteiger partial charge in [0.15, 0.2) is 18.1 Å². The molecule has 2 aromatic rings. The lowest BCUT2D eigenvalue weighted by Gasteiger charge is -2.14. The SMILES string of the molecule is COc1cc(CNC(=O)COC(=O)Cc2ccc(C)c(C)c2)cc(OC)c1OC. The number of carbonyl (C=O) groups is 2. The maximum Gasteiger partial charge on any atom is 0.310 e. The molecule has 0 aromatic heterocycles. The van der Waals surface area contributed by atoms with Crippen LogP contribution in [-0.4, -0.2) is 39.8 Å². The minimum atomic E-state index is -0.448. The van der Waals surface area contributed by atoms with E-state index in [-0.39, 0.29) is 19.6 Å². The van der Waals surface area contributed by atoms with Gasteiger partial charge in [0.2, 0.25) is 5.75 Å². The molecule has 0 aliphatic rings. The third-order valence-corrected chi connectivity index (χ3v) is 4.50. The first-order valence-electron chi connectivity index (χ1n) is 9.15. The Kier molecular flexibility index (Phi) is 7.88. The number of hydrogen-bond donors (Lipinski definition) is 1. The summed E-state index contributed by atoms with van der Waals surface area (Å²) in [6.07, 6.45) is 0.126. The van der Waals surface area contributed by atoms with E-state index in [2.05, 4.69) is 5.32 Å². The fourth-order valence-electron chi connectivity index (χ4n) is 2.77. The largest absolute Gasteiger partial charge is 0.493 e. The zero-order valence-electron chi connectivity index (χ0n) is 17.5. The lowest BCUT2D eigenvalue weighted by Crippen LogP contribution is -2.28. The van der Waals surface area contributed by atoms with Crippen molar-refractivity contribution in [2.75, 3.05) is 27.9 Å². The highest BCUT2D eigenvalue weighted by molar-refractivity contribution is 5.81. The smallest absolute Gasteiger partial charge is 0.310 e. The van der Waals surface area contributed by atoms with E-state index in [1.165, 1.54) is 21.3 Å². The highest BCUT2D eigenvalue weighted by Crippen LogP contribution is 2.38. The summed E-state index contributed by atoms with van der Waals surface area (Å²) in [5, 5.41) is 2.71. The first-order chi connectivity index (χ1) is 13.9. The number of amides is 1. The van der Waals surface area contributed by atoms with E-state index in [1.54, 1.807) is 12.1 Å². The second-order valence-electron chi connectivity index (χ2n) is 6.57. The van der Waals surface area contributed by atoms with Gasteiger partial charge in [0.1, 0.15) is 0 Å². The zero-order chi connectivity index (χ0) is 21.4. The summed E-state index contributed by atoms with van der Waals surface area (Å²) in [7, 11) is 4.57. The molecule has 0 unspecified atom stereocenters. The first kappa shape index (κ1) is 22.1. The van der Waals surface area contributed by atoms with Gasteiger partial charge >= 0.3 is 5.97 Å². The van der Waals surface area contributed by atoms with Crippen LogP contribution >= 0.6 is 0 Å². The number of aryl methyl sites for hydroxylation is 2. The van der Waals surface area contributed by atoms with E-state index in [9.17, 15) is 9.59 Å². The lowest BCUT2D eigenvalue weighted by molar-refractivity contribution is -0.147. The van der Waals surface area contributed by atoms with Crippen LogP contribution in [0.5, 0.6) is 17.2 Å². The molecular weight excluding hydrogens is 374 g/mol. The molecule has 0 bridgehead atoms.